The predicted octanol–water partition coefficient (Wildman–Crippen LogP) is 5.56. The number of rotatable bonds is 2. The summed E-state index contributed by atoms with van der Waals surface area (Å²) in [6.45, 7) is 0. The molecule has 1 atom stereocenters. The first-order chi connectivity index (χ1) is 10.2. The van der Waals surface area contributed by atoms with Gasteiger partial charge in [-0.15, -0.1) is 0 Å². The Morgan fingerprint density at radius 1 is 0.857 bits per heavy atom. The minimum Gasteiger partial charge on any atom is -0.207 e. The van der Waals surface area contributed by atoms with Crippen LogP contribution < -0.4 is 0 Å². The van der Waals surface area contributed by atoms with Gasteiger partial charge in [-0.1, -0.05) is 58.4 Å². The smallest absolute Gasteiger partial charge is 0.123 e. The van der Waals surface area contributed by atoms with Crippen molar-refractivity contribution in [3.05, 3.63) is 82.7 Å². The van der Waals surface area contributed by atoms with E-state index in [1.54, 1.807) is 0 Å². The maximum atomic E-state index is 13.1. The lowest BCUT2D eigenvalue weighted by molar-refractivity contribution is 0.627. The molecule has 0 heterocycles. The minimum atomic E-state index is -0.196. The summed E-state index contributed by atoms with van der Waals surface area (Å²) < 4.78 is 13.1. The maximum absolute atomic E-state index is 13.1. The first-order valence-electron chi connectivity index (χ1n) is 7.17. The van der Waals surface area contributed by atoms with E-state index in [0.717, 1.165) is 18.4 Å². The molecule has 0 N–H and O–H groups in total. The lowest BCUT2D eigenvalue weighted by atomic mass is 9.95. The van der Waals surface area contributed by atoms with Gasteiger partial charge in [0, 0.05) is 0 Å². The van der Waals surface area contributed by atoms with Gasteiger partial charge in [-0.3, -0.25) is 0 Å². The summed E-state index contributed by atoms with van der Waals surface area (Å²) in [4.78, 5) is 0.0861. The van der Waals surface area contributed by atoms with Gasteiger partial charge in [-0.05, 0) is 58.0 Å². The molecule has 3 aromatic carbocycles. The van der Waals surface area contributed by atoms with Gasteiger partial charge in [0.1, 0.15) is 5.82 Å². The number of benzene rings is 3. The minimum absolute atomic E-state index is 0.0861. The second-order valence-electron chi connectivity index (χ2n) is 5.57. The quantitative estimate of drug-likeness (QED) is 0.535. The number of hydrogen-bond acceptors (Lipinski definition) is 0. The number of alkyl halides is 1. The van der Waals surface area contributed by atoms with Crippen LogP contribution in [0.25, 0.3) is 10.8 Å². The van der Waals surface area contributed by atoms with E-state index in [-0.39, 0.29) is 10.6 Å². The third-order valence-corrected chi connectivity index (χ3v) is 5.37. The zero-order valence-electron chi connectivity index (χ0n) is 11.4. The lowest BCUT2D eigenvalue weighted by Crippen LogP contribution is -1.95. The molecule has 1 aliphatic carbocycles. The Hall–Kier alpha value is -1.67. The van der Waals surface area contributed by atoms with E-state index in [9.17, 15) is 4.39 Å². The largest absolute Gasteiger partial charge is 0.207 e. The predicted molar refractivity (Wildman–Crippen MR) is 88.5 cm³/mol. The van der Waals surface area contributed by atoms with Gasteiger partial charge in [0.05, 0.1) is 4.83 Å². The van der Waals surface area contributed by atoms with E-state index in [1.165, 1.54) is 39.6 Å². The summed E-state index contributed by atoms with van der Waals surface area (Å²) in [5, 5.41) is 2.73. The molecule has 0 aromatic heterocycles. The molecule has 104 valence electrons. The normalized spacial score (nSPS) is 14.6. The molecule has 0 spiro atoms. The van der Waals surface area contributed by atoms with E-state index in [0.29, 0.717) is 0 Å². The molecule has 0 amide bonds. The number of halogens is 2. The number of aryl methyl sites for hydroxylation is 2. The Bertz CT molecular complexity index is 811. The van der Waals surface area contributed by atoms with Crippen molar-refractivity contribution in [3.63, 3.8) is 0 Å². The van der Waals surface area contributed by atoms with Crippen molar-refractivity contribution in [2.24, 2.45) is 0 Å². The lowest BCUT2D eigenvalue weighted by Gasteiger charge is -2.15. The fourth-order valence-corrected chi connectivity index (χ4v) is 4.01. The third kappa shape index (κ3) is 2.09. The fourth-order valence-electron chi connectivity index (χ4n) is 3.30. The summed E-state index contributed by atoms with van der Waals surface area (Å²) in [6, 6.07) is 17.7. The maximum Gasteiger partial charge on any atom is 0.123 e. The molecular weight excluding hydrogens is 327 g/mol. The average molecular weight is 341 g/mol. The van der Waals surface area contributed by atoms with Crippen molar-refractivity contribution >= 4 is 26.7 Å². The summed E-state index contributed by atoms with van der Waals surface area (Å²) >= 11 is 3.79. The Kier molecular flexibility index (Phi) is 3.07. The monoisotopic (exact) mass is 340 g/mol. The van der Waals surface area contributed by atoms with Crippen molar-refractivity contribution in [2.45, 2.75) is 17.7 Å². The van der Waals surface area contributed by atoms with Crippen LogP contribution in [0.2, 0.25) is 0 Å². The number of hydrogen-bond donors (Lipinski definition) is 0. The molecule has 21 heavy (non-hydrogen) atoms. The topological polar surface area (TPSA) is 0 Å². The Morgan fingerprint density at radius 3 is 2.33 bits per heavy atom. The molecular formula is C19H14BrF. The highest BCUT2D eigenvalue weighted by molar-refractivity contribution is 9.09. The second-order valence-corrected chi connectivity index (χ2v) is 6.48. The first kappa shape index (κ1) is 13.0. The van der Waals surface area contributed by atoms with Crippen LogP contribution in [0, 0.1) is 5.82 Å². The molecule has 0 nitrogen and oxygen atoms in total. The van der Waals surface area contributed by atoms with Crippen LogP contribution in [0.3, 0.4) is 0 Å². The Balaban J connectivity index is 1.89. The molecule has 0 saturated carbocycles. The molecule has 0 radical (unpaired) electrons. The molecule has 4 rings (SSSR count). The van der Waals surface area contributed by atoms with Gasteiger partial charge >= 0.3 is 0 Å². The van der Waals surface area contributed by atoms with Crippen LogP contribution >= 0.6 is 15.9 Å². The molecule has 1 aliphatic rings. The Morgan fingerprint density at radius 2 is 1.57 bits per heavy atom. The fraction of sp³-hybridized carbons (Fsp3) is 0.158. The average Bonchev–Trinajstić information content (AvgIpc) is 2.93. The van der Waals surface area contributed by atoms with Crippen molar-refractivity contribution in [3.8, 4) is 0 Å². The highest BCUT2D eigenvalue weighted by Gasteiger charge is 2.19. The van der Waals surface area contributed by atoms with Crippen LogP contribution in [0.4, 0.5) is 4.39 Å². The summed E-state index contributed by atoms with van der Waals surface area (Å²) in [5.74, 6) is -0.196. The summed E-state index contributed by atoms with van der Waals surface area (Å²) in [5.41, 5.74) is 5.23. The van der Waals surface area contributed by atoms with Gasteiger partial charge in [0.25, 0.3) is 0 Å². The molecule has 0 bridgehead atoms. The van der Waals surface area contributed by atoms with Crippen LogP contribution in [-0.4, -0.2) is 0 Å². The molecule has 0 saturated heterocycles. The van der Waals surface area contributed by atoms with E-state index in [2.05, 4.69) is 46.3 Å². The summed E-state index contributed by atoms with van der Waals surface area (Å²) in [6.07, 6.45) is 2.28. The molecule has 3 aromatic rings. The van der Waals surface area contributed by atoms with E-state index >= 15 is 0 Å². The van der Waals surface area contributed by atoms with E-state index < -0.39 is 0 Å². The standard InChI is InChI=1S/C19H14BrF/c20-19(14-6-9-15(21)10-7-14)17-11-8-13-5-4-12-2-1-3-16(17)18(12)13/h1-3,6-11,19H,4-5H2. The Labute approximate surface area is 131 Å². The van der Waals surface area contributed by atoms with Crippen LogP contribution in [0.15, 0.2) is 54.6 Å². The molecule has 0 fully saturated rings. The van der Waals surface area contributed by atoms with E-state index in [1.807, 2.05) is 12.1 Å². The van der Waals surface area contributed by atoms with Gasteiger partial charge < -0.3 is 0 Å². The van der Waals surface area contributed by atoms with Gasteiger partial charge in [0.2, 0.25) is 0 Å². The second kappa shape index (κ2) is 4.96. The SMILES string of the molecule is Fc1ccc(C(Br)c2ccc3c4c(cccc24)CC3)cc1. The highest BCUT2D eigenvalue weighted by Crippen LogP contribution is 2.39. The third-order valence-electron chi connectivity index (χ3n) is 4.35. The zero-order valence-corrected chi connectivity index (χ0v) is 13.0. The van der Waals surface area contributed by atoms with Gasteiger partial charge in [-0.2, -0.15) is 0 Å². The first-order valence-corrected chi connectivity index (χ1v) is 8.08. The highest BCUT2D eigenvalue weighted by atomic mass is 79.9. The molecule has 0 aliphatic heterocycles. The van der Waals surface area contributed by atoms with Gasteiger partial charge in [0.15, 0.2) is 0 Å². The van der Waals surface area contributed by atoms with Crippen molar-refractivity contribution in [1.82, 2.24) is 0 Å². The van der Waals surface area contributed by atoms with E-state index in [4.69, 9.17) is 0 Å². The zero-order chi connectivity index (χ0) is 14.4. The summed E-state index contributed by atoms with van der Waals surface area (Å²) in [7, 11) is 0. The van der Waals surface area contributed by atoms with Gasteiger partial charge in [-0.25, -0.2) is 4.39 Å². The molecule has 1 unspecified atom stereocenters. The molecule has 2 heteroatoms. The van der Waals surface area contributed by atoms with Crippen molar-refractivity contribution < 1.29 is 4.39 Å². The van der Waals surface area contributed by atoms with Crippen molar-refractivity contribution in [1.29, 1.82) is 0 Å². The van der Waals surface area contributed by atoms with Crippen molar-refractivity contribution in [2.75, 3.05) is 0 Å². The van der Waals surface area contributed by atoms with Crippen LogP contribution in [0.1, 0.15) is 27.1 Å². The van der Waals surface area contributed by atoms with Crippen LogP contribution in [0.5, 0.6) is 0 Å². The van der Waals surface area contributed by atoms with Crippen LogP contribution in [-0.2, 0) is 12.8 Å².